The first-order valence-electron chi connectivity index (χ1n) is 12.9. The maximum absolute atomic E-state index is 14.0. The van der Waals surface area contributed by atoms with Crippen LogP contribution < -0.4 is 4.74 Å². The molecule has 10 heteroatoms. The number of aryl methyl sites for hydroxylation is 1. The molecule has 0 fully saturated rings. The summed E-state index contributed by atoms with van der Waals surface area (Å²) < 4.78 is 94.6. The molecule has 222 valence electrons. The third-order valence-electron chi connectivity index (χ3n) is 6.28. The minimum Gasteiger partial charge on any atom is -0.494 e. The SMILES string of the molecule is C=CC(=O)CCCOc1ccc(-c2cc(-c3ccc(CCCOC(=O)C=C)cc3)c(C(F)(F)F)cc2C(F)(F)F)cc1. The van der Waals surface area contributed by atoms with Crippen LogP contribution in [0.15, 0.2) is 86.0 Å². The van der Waals surface area contributed by atoms with Crippen LogP contribution in [0, 0.1) is 0 Å². The highest BCUT2D eigenvalue weighted by molar-refractivity contribution is 5.89. The summed E-state index contributed by atoms with van der Waals surface area (Å²) in [4.78, 5) is 22.4. The Labute approximate surface area is 239 Å². The highest BCUT2D eigenvalue weighted by Gasteiger charge is 2.40. The van der Waals surface area contributed by atoms with E-state index in [0.717, 1.165) is 17.7 Å². The van der Waals surface area contributed by atoms with Gasteiger partial charge in [0.2, 0.25) is 0 Å². The van der Waals surface area contributed by atoms with Gasteiger partial charge in [0.25, 0.3) is 0 Å². The van der Waals surface area contributed by atoms with E-state index >= 15 is 0 Å². The summed E-state index contributed by atoms with van der Waals surface area (Å²) in [5.74, 6) is -0.379. The van der Waals surface area contributed by atoms with Crippen molar-refractivity contribution in [3.63, 3.8) is 0 Å². The molecule has 42 heavy (non-hydrogen) atoms. The van der Waals surface area contributed by atoms with Gasteiger partial charge in [-0.3, -0.25) is 4.79 Å². The van der Waals surface area contributed by atoms with Crippen LogP contribution in [0.5, 0.6) is 5.75 Å². The van der Waals surface area contributed by atoms with Gasteiger partial charge in [-0.1, -0.05) is 49.6 Å². The zero-order valence-corrected chi connectivity index (χ0v) is 22.5. The molecule has 0 bridgehead atoms. The van der Waals surface area contributed by atoms with Crippen molar-refractivity contribution in [2.45, 2.75) is 38.0 Å². The van der Waals surface area contributed by atoms with Crippen LogP contribution in [0.2, 0.25) is 0 Å². The number of benzene rings is 3. The van der Waals surface area contributed by atoms with E-state index in [1.165, 1.54) is 42.5 Å². The number of allylic oxidation sites excluding steroid dienone is 1. The molecule has 3 rings (SSSR count). The van der Waals surface area contributed by atoms with Gasteiger partial charge in [-0.15, -0.1) is 0 Å². The summed E-state index contributed by atoms with van der Waals surface area (Å²) in [6.07, 6.45) is -6.30. The second kappa shape index (κ2) is 14.0. The second-order valence-electron chi connectivity index (χ2n) is 9.26. The van der Waals surface area contributed by atoms with Gasteiger partial charge in [0.15, 0.2) is 5.78 Å². The Morgan fingerprint density at radius 2 is 1.26 bits per heavy atom. The van der Waals surface area contributed by atoms with Crippen molar-refractivity contribution in [1.29, 1.82) is 0 Å². The number of rotatable bonds is 13. The quantitative estimate of drug-likeness (QED) is 0.0866. The fourth-order valence-corrected chi connectivity index (χ4v) is 4.17. The molecule has 0 amide bonds. The minimum atomic E-state index is -5.06. The number of ketones is 1. The standard InChI is InChI=1S/C32H28F6O4/c1-3-24(39)8-6-17-41-25-15-13-23(14-16-25)27-19-26(28(31(33,34)35)20-29(27)32(36,37)38)22-11-9-21(10-12-22)7-5-18-42-30(40)4-2/h3-4,9-16,19-20H,1-2,5-8,17-18H2. The second-order valence-corrected chi connectivity index (χ2v) is 9.26. The predicted molar refractivity (Wildman–Crippen MR) is 147 cm³/mol. The maximum Gasteiger partial charge on any atom is 0.417 e. The third-order valence-corrected chi connectivity index (χ3v) is 6.28. The van der Waals surface area contributed by atoms with Crippen molar-refractivity contribution >= 4 is 11.8 Å². The Morgan fingerprint density at radius 3 is 1.76 bits per heavy atom. The summed E-state index contributed by atoms with van der Waals surface area (Å²) in [5.41, 5.74) is -2.74. The summed E-state index contributed by atoms with van der Waals surface area (Å²) in [6, 6.07) is 12.6. The van der Waals surface area contributed by atoms with Gasteiger partial charge < -0.3 is 9.47 Å². The molecule has 0 aromatic heterocycles. The molecule has 0 aliphatic carbocycles. The maximum atomic E-state index is 14.0. The van der Waals surface area contributed by atoms with Gasteiger partial charge in [0.05, 0.1) is 24.3 Å². The molecule has 0 N–H and O–H groups in total. The lowest BCUT2D eigenvalue weighted by Gasteiger charge is -2.20. The molecule has 0 unspecified atom stereocenters. The molecular weight excluding hydrogens is 562 g/mol. The van der Waals surface area contributed by atoms with E-state index in [0.29, 0.717) is 25.0 Å². The molecule has 0 radical (unpaired) electrons. The Kier molecular flexibility index (Phi) is 10.7. The zero-order chi connectivity index (χ0) is 30.9. The van der Waals surface area contributed by atoms with Crippen LogP contribution in [-0.4, -0.2) is 25.0 Å². The van der Waals surface area contributed by atoms with Crippen molar-refractivity contribution in [1.82, 2.24) is 0 Å². The Balaban J connectivity index is 1.93. The molecule has 0 aliphatic rings. The van der Waals surface area contributed by atoms with Crippen LogP contribution in [-0.2, 0) is 33.1 Å². The molecule has 0 aliphatic heterocycles. The van der Waals surface area contributed by atoms with Gasteiger partial charge in [-0.25, -0.2) is 4.79 Å². The van der Waals surface area contributed by atoms with Crippen molar-refractivity contribution in [3.8, 4) is 28.0 Å². The van der Waals surface area contributed by atoms with Gasteiger partial charge in [-0.05, 0) is 77.4 Å². The largest absolute Gasteiger partial charge is 0.494 e. The Morgan fingerprint density at radius 1 is 0.714 bits per heavy atom. The zero-order valence-electron chi connectivity index (χ0n) is 22.5. The first-order chi connectivity index (χ1) is 19.8. The number of hydrogen-bond donors (Lipinski definition) is 0. The van der Waals surface area contributed by atoms with E-state index in [1.807, 2.05) is 0 Å². The predicted octanol–water partition coefficient (Wildman–Crippen LogP) is 8.63. The summed E-state index contributed by atoms with van der Waals surface area (Å²) in [7, 11) is 0. The first-order valence-corrected chi connectivity index (χ1v) is 12.9. The molecule has 0 atom stereocenters. The van der Waals surface area contributed by atoms with Gasteiger partial charge in [0.1, 0.15) is 5.75 Å². The Hall–Kier alpha value is -4.34. The number of carbonyl (C=O) groups is 2. The lowest BCUT2D eigenvalue weighted by Crippen LogP contribution is -2.14. The highest BCUT2D eigenvalue weighted by atomic mass is 19.4. The normalized spacial score (nSPS) is 11.6. The number of halogens is 6. The van der Waals surface area contributed by atoms with Gasteiger partial charge in [-0.2, -0.15) is 26.3 Å². The average Bonchev–Trinajstić information content (AvgIpc) is 2.96. The van der Waals surface area contributed by atoms with Crippen LogP contribution in [0.3, 0.4) is 0 Å². The summed E-state index contributed by atoms with van der Waals surface area (Å²) in [5, 5.41) is 0. The van der Waals surface area contributed by atoms with E-state index < -0.39 is 40.6 Å². The fraction of sp³-hybridized carbons (Fsp3) is 0.250. The van der Waals surface area contributed by atoms with Crippen molar-refractivity contribution in [3.05, 3.63) is 103 Å². The molecule has 0 spiro atoms. The van der Waals surface area contributed by atoms with Gasteiger partial charge in [0, 0.05) is 12.5 Å². The minimum absolute atomic E-state index is 0.0529. The number of ether oxygens (including phenoxy) is 2. The molecular formula is C32H28F6O4. The molecule has 4 nitrogen and oxygen atoms in total. The lowest BCUT2D eigenvalue weighted by molar-refractivity contribution is -0.142. The van der Waals surface area contributed by atoms with E-state index in [4.69, 9.17) is 9.47 Å². The molecule has 3 aromatic rings. The van der Waals surface area contributed by atoms with Crippen LogP contribution in [0.25, 0.3) is 22.3 Å². The number of hydrogen-bond acceptors (Lipinski definition) is 4. The van der Waals surface area contributed by atoms with E-state index in [9.17, 15) is 35.9 Å². The molecule has 0 saturated carbocycles. The number of alkyl halides is 6. The smallest absolute Gasteiger partial charge is 0.417 e. The Bertz CT molecular complexity index is 1300. The summed E-state index contributed by atoms with van der Waals surface area (Å²) >= 11 is 0. The van der Waals surface area contributed by atoms with Crippen LogP contribution in [0.1, 0.15) is 36.0 Å². The van der Waals surface area contributed by atoms with E-state index in [-0.39, 0.29) is 42.6 Å². The summed E-state index contributed by atoms with van der Waals surface area (Å²) in [6.45, 7) is 6.99. The van der Waals surface area contributed by atoms with Crippen molar-refractivity contribution in [2.24, 2.45) is 0 Å². The highest BCUT2D eigenvalue weighted by Crippen LogP contribution is 2.45. The topological polar surface area (TPSA) is 52.6 Å². The number of esters is 1. The van der Waals surface area contributed by atoms with Crippen molar-refractivity contribution < 1.29 is 45.4 Å². The van der Waals surface area contributed by atoms with Crippen molar-refractivity contribution in [2.75, 3.05) is 13.2 Å². The molecule has 0 heterocycles. The third kappa shape index (κ3) is 8.83. The fourth-order valence-electron chi connectivity index (χ4n) is 4.17. The number of carbonyl (C=O) groups excluding carboxylic acids is 2. The molecule has 3 aromatic carbocycles. The van der Waals surface area contributed by atoms with E-state index in [1.54, 1.807) is 12.1 Å². The monoisotopic (exact) mass is 590 g/mol. The van der Waals surface area contributed by atoms with Gasteiger partial charge >= 0.3 is 18.3 Å². The van der Waals surface area contributed by atoms with Crippen LogP contribution in [0.4, 0.5) is 26.3 Å². The average molecular weight is 591 g/mol. The van der Waals surface area contributed by atoms with Crippen LogP contribution >= 0.6 is 0 Å². The first kappa shape index (κ1) is 32.2. The van der Waals surface area contributed by atoms with E-state index in [2.05, 4.69) is 13.2 Å². The molecule has 0 saturated heterocycles. The lowest BCUT2D eigenvalue weighted by atomic mass is 9.89.